The van der Waals surface area contributed by atoms with Crippen molar-refractivity contribution in [2.75, 3.05) is 25.0 Å². The van der Waals surface area contributed by atoms with Gasteiger partial charge in [-0.15, -0.1) is 12.4 Å². The van der Waals surface area contributed by atoms with Crippen LogP contribution in [0.25, 0.3) is 21.9 Å². The average molecular weight is 494 g/mol. The standard InChI is InChI=1S/C24H35N5O2S.ClH/c1-5-28(6-2)32(30,31)19-12-13-22-20(14-19)23(25-15-18-10-8-7-9-11-18)21-16-26-29(17(3)4)24(21)27-22;/h12-14,16-18H,5-11,15H2,1-4H3,(H,25,27);1H. The maximum Gasteiger partial charge on any atom is 0.243 e. The molecule has 1 aromatic carbocycles. The zero-order valence-corrected chi connectivity index (χ0v) is 21.7. The summed E-state index contributed by atoms with van der Waals surface area (Å²) in [7, 11) is -3.55. The van der Waals surface area contributed by atoms with Crippen molar-refractivity contribution in [1.29, 1.82) is 0 Å². The Bertz CT molecular complexity index is 1200. The minimum absolute atomic E-state index is 0. The molecular formula is C24H36ClN5O2S. The number of pyridine rings is 1. The van der Waals surface area contributed by atoms with Gasteiger partial charge in [-0.05, 0) is 50.8 Å². The van der Waals surface area contributed by atoms with Gasteiger partial charge in [0.2, 0.25) is 10.0 Å². The van der Waals surface area contributed by atoms with E-state index in [9.17, 15) is 8.42 Å². The second-order valence-electron chi connectivity index (χ2n) is 9.06. The Labute approximate surface area is 203 Å². The molecule has 0 radical (unpaired) electrons. The molecule has 1 aliphatic rings. The number of anilines is 1. The van der Waals surface area contributed by atoms with E-state index in [1.54, 1.807) is 12.1 Å². The van der Waals surface area contributed by atoms with Gasteiger partial charge in [0.05, 0.1) is 27.7 Å². The SMILES string of the molecule is CCN(CC)S(=O)(=O)c1ccc2nc3c(cnn3C(C)C)c(NCC3CCCCC3)c2c1.Cl. The second kappa shape index (κ2) is 10.6. The molecule has 0 unspecified atom stereocenters. The number of benzene rings is 1. The Hall–Kier alpha value is -1.90. The fourth-order valence-electron chi connectivity index (χ4n) is 4.79. The molecule has 0 saturated heterocycles. The van der Waals surface area contributed by atoms with Crippen molar-refractivity contribution < 1.29 is 8.42 Å². The van der Waals surface area contributed by atoms with E-state index in [2.05, 4.69) is 24.3 Å². The van der Waals surface area contributed by atoms with Crippen molar-refractivity contribution >= 4 is 50.1 Å². The third-order valence-electron chi connectivity index (χ3n) is 6.63. The van der Waals surface area contributed by atoms with Gasteiger partial charge in [-0.3, -0.25) is 0 Å². The molecule has 9 heteroatoms. The molecule has 33 heavy (non-hydrogen) atoms. The number of fused-ring (bicyclic) bond motifs is 2. The van der Waals surface area contributed by atoms with Crippen LogP contribution in [-0.4, -0.2) is 47.1 Å². The Morgan fingerprint density at radius 1 is 1.12 bits per heavy atom. The molecule has 0 bridgehead atoms. The van der Waals surface area contributed by atoms with E-state index in [4.69, 9.17) is 4.98 Å². The van der Waals surface area contributed by atoms with Crippen LogP contribution in [0.5, 0.6) is 0 Å². The lowest BCUT2D eigenvalue weighted by molar-refractivity contribution is 0.373. The lowest BCUT2D eigenvalue weighted by Crippen LogP contribution is -2.30. The highest BCUT2D eigenvalue weighted by molar-refractivity contribution is 7.89. The van der Waals surface area contributed by atoms with Crippen LogP contribution in [0, 0.1) is 5.92 Å². The first-order chi connectivity index (χ1) is 15.4. The molecule has 4 rings (SSSR count). The summed E-state index contributed by atoms with van der Waals surface area (Å²) in [6, 6.07) is 5.47. The number of nitrogens with one attached hydrogen (secondary N) is 1. The van der Waals surface area contributed by atoms with Gasteiger partial charge in [-0.1, -0.05) is 33.1 Å². The molecule has 0 amide bonds. The first-order valence-corrected chi connectivity index (χ1v) is 13.4. The Morgan fingerprint density at radius 2 is 1.82 bits per heavy atom. The van der Waals surface area contributed by atoms with Crippen LogP contribution in [0.1, 0.15) is 65.8 Å². The molecule has 1 aliphatic carbocycles. The molecular weight excluding hydrogens is 458 g/mol. The van der Waals surface area contributed by atoms with E-state index in [0.29, 0.717) is 23.9 Å². The Morgan fingerprint density at radius 3 is 2.45 bits per heavy atom. The molecule has 1 fully saturated rings. The van der Waals surface area contributed by atoms with Gasteiger partial charge in [-0.2, -0.15) is 9.40 Å². The van der Waals surface area contributed by atoms with E-state index in [1.807, 2.05) is 30.8 Å². The van der Waals surface area contributed by atoms with E-state index < -0.39 is 10.0 Å². The Balaban J connectivity index is 0.00000306. The molecule has 7 nitrogen and oxygen atoms in total. The van der Waals surface area contributed by atoms with Crippen LogP contribution in [0.2, 0.25) is 0 Å². The summed E-state index contributed by atoms with van der Waals surface area (Å²) >= 11 is 0. The monoisotopic (exact) mass is 493 g/mol. The van der Waals surface area contributed by atoms with Crippen molar-refractivity contribution in [2.24, 2.45) is 5.92 Å². The normalized spacial score (nSPS) is 15.5. The fraction of sp³-hybridized carbons (Fsp3) is 0.583. The van der Waals surface area contributed by atoms with E-state index in [1.165, 1.54) is 36.4 Å². The first kappa shape index (κ1) is 25.7. The largest absolute Gasteiger partial charge is 0.384 e. The molecule has 0 atom stereocenters. The number of aromatic nitrogens is 3. The minimum atomic E-state index is -3.55. The van der Waals surface area contributed by atoms with Crippen LogP contribution >= 0.6 is 12.4 Å². The molecule has 3 aromatic rings. The van der Waals surface area contributed by atoms with E-state index in [-0.39, 0.29) is 18.4 Å². The zero-order valence-electron chi connectivity index (χ0n) is 20.0. The zero-order chi connectivity index (χ0) is 22.9. The smallest absolute Gasteiger partial charge is 0.243 e. The summed E-state index contributed by atoms with van der Waals surface area (Å²) in [6.45, 7) is 9.69. The molecule has 0 aliphatic heterocycles. The molecule has 0 spiro atoms. The van der Waals surface area contributed by atoms with Gasteiger partial charge < -0.3 is 5.32 Å². The number of rotatable bonds is 8. The van der Waals surface area contributed by atoms with Crippen molar-refractivity contribution in [3.63, 3.8) is 0 Å². The number of nitrogens with zero attached hydrogens (tertiary/aromatic N) is 4. The molecule has 2 aromatic heterocycles. The van der Waals surface area contributed by atoms with Crippen molar-refractivity contribution in [3.05, 3.63) is 24.4 Å². The quantitative estimate of drug-likeness (QED) is 0.441. The highest BCUT2D eigenvalue weighted by Crippen LogP contribution is 2.34. The highest BCUT2D eigenvalue weighted by atomic mass is 35.5. The Kier molecular flexibility index (Phi) is 8.24. The summed E-state index contributed by atoms with van der Waals surface area (Å²) in [5.74, 6) is 0.643. The number of hydrogen-bond donors (Lipinski definition) is 1. The predicted octanol–water partition coefficient (Wildman–Crippen LogP) is 5.61. The summed E-state index contributed by atoms with van der Waals surface area (Å²) in [5, 5.41) is 10.1. The number of sulfonamides is 1. The van der Waals surface area contributed by atoms with Gasteiger partial charge in [0.15, 0.2) is 5.65 Å². The van der Waals surface area contributed by atoms with Crippen LogP contribution < -0.4 is 5.32 Å². The van der Waals surface area contributed by atoms with Gasteiger partial charge in [-0.25, -0.2) is 18.1 Å². The van der Waals surface area contributed by atoms with Gasteiger partial charge in [0, 0.05) is 31.1 Å². The van der Waals surface area contributed by atoms with Crippen molar-refractivity contribution in [3.8, 4) is 0 Å². The summed E-state index contributed by atoms with van der Waals surface area (Å²) in [6.07, 6.45) is 8.24. The van der Waals surface area contributed by atoms with Gasteiger partial charge in [0.25, 0.3) is 0 Å². The number of halogens is 1. The second-order valence-corrected chi connectivity index (χ2v) is 11.0. The lowest BCUT2D eigenvalue weighted by Gasteiger charge is -2.23. The van der Waals surface area contributed by atoms with Crippen LogP contribution in [0.15, 0.2) is 29.3 Å². The van der Waals surface area contributed by atoms with Crippen LogP contribution in [-0.2, 0) is 10.0 Å². The lowest BCUT2D eigenvalue weighted by atomic mass is 9.89. The molecule has 2 heterocycles. The molecule has 1 N–H and O–H groups in total. The van der Waals surface area contributed by atoms with Gasteiger partial charge in [0.1, 0.15) is 0 Å². The predicted molar refractivity (Wildman–Crippen MR) is 138 cm³/mol. The van der Waals surface area contributed by atoms with Crippen molar-refractivity contribution in [1.82, 2.24) is 19.1 Å². The van der Waals surface area contributed by atoms with Crippen LogP contribution in [0.4, 0.5) is 5.69 Å². The third kappa shape index (κ3) is 4.98. The number of hydrogen-bond acceptors (Lipinski definition) is 5. The van der Waals surface area contributed by atoms with Crippen LogP contribution in [0.3, 0.4) is 0 Å². The summed E-state index contributed by atoms with van der Waals surface area (Å²) < 4.78 is 29.8. The minimum Gasteiger partial charge on any atom is -0.384 e. The fourth-order valence-corrected chi connectivity index (χ4v) is 6.28. The molecule has 1 saturated carbocycles. The van der Waals surface area contributed by atoms with Crippen molar-refractivity contribution in [2.45, 2.75) is 70.7 Å². The average Bonchev–Trinajstić information content (AvgIpc) is 3.21. The molecule has 182 valence electrons. The first-order valence-electron chi connectivity index (χ1n) is 11.9. The third-order valence-corrected chi connectivity index (χ3v) is 8.67. The van der Waals surface area contributed by atoms with Gasteiger partial charge >= 0.3 is 0 Å². The highest BCUT2D eigenvalue weighted by Gasteiger charge is 2.24. The summed E-state index contributed by atoms with van der Waals surface area (Å²) in [5.41, 5.74) is 2.56. The topological polar surface area (TPSA) is 80.1 Å². The maximum absolute atomic E-state index is 13.2. The van der Waals surface area contributed by atoms with E-state index in [0.717, 1.165) is 34.2 Å². The maximum atomic E-state index is 13.2. The van der Waals surface area contributed by atoms with E-state index >= 15 is 0 Å². The summed E-state index contributed by atoms with van der Waals surface area (Å²) in [4.78, 5) is 5.19.